The minimum absolute atomic E-state index is 0.118. The van der Waals surface area contributed by atoms with E-state index in [0.717, 1.165) is 33.3 Å². The maximum atomic E-state index is 12.6. The summed E-state index contributed by atoms with van der Waals surface area (Å²) in [4.78, 5) is 12.6. The van der Waals surface area contributed by atoms with Crippen molar-refractivity contribution in [2.45, 2.75) is 0 Å². The van der Waals surface area contributed by atoms with Crippen molar-refractivity contribution in [1.82, 2.24) is 4.40 Å². The lowest BCUT2D eigenvalue weighted by molar-refractivity contribution is 0.104. The standard InChI is InChI=1S/C21H13NO/c23-21-18-9-5-4-8-17(18)19-11-16-10-15(12-22(16)13-20(19)21)14-6-2-1-3-7-14/h1-13H. The van der Waals surface area contributed by atoms with Crippen LogP contribution in [0.1, 0.15) is 15.9 Å². The lowest BCUT2D eigenvalue weighted by Crippen LogP contribution is -1.96. The van der Waals surface area contributed by atoms with Gasteiger partial charge in [-0.3, -0.25) is 4.79 Å². The number of fused-ring (bicyclic) bond motifs is 4. The Labute approximate surface area is 133 Å². The van der Waals surface area contributed by atoms with Crippen molar-refractivity contribution < 1.29 is 4.79 Å². The van der Waals surface area contributed by atoms with E-state index in [2.05, 4.69) is 30.5 Å². The van der Waals surface area contributed by atoms with Gasteiger partial charge in [0.2, 0.25) is 0 Å². The minimum atomic E-state index is 0.118. The second-order valence-electron chi connectivity index (χ2n) is 5.90. The van der Waals surface area contributed by atoms with Crippen LogP contribution in [0.25, 0.3) is 27.8 Å². The highest BCUT2D eigenvalue weighted by Gasteiger charge is 2.26. The van der Waals surface area contributed by atoms with Crippen LogP contribution in [0.2, 0.25) is 0 Å². The van der Waals surface area contributed by atoms with Crippen molar-refractivity contribution in [2.75, 3.05) is 0 Å². The summed E-state index contributed by atoms with van der Waals surface area (Å²) < 4.78 is 2.05. The van der Waals surface area contributed by atoms with E-state index in [1.807, 2.05) is 53.1 Å². The average Bonchev–Trinajstić information content (AvgIpc) is 3.14. The van der Waals surface area contributed by atoms with E-state index < -0.39 is 0 Å². The summed E-state index contributed by atoms with van der Waals surface area (Å²) in [6.45, 7) is 0. The Morgan fingerprint density at radius 1 is 0.609 bits per heavy atom. The molecule has 0 radical (unpaired) electrons. The van der Waals surface area contributed by atoms with Gasteiger partial charge in [-0.2, -0.15) is 0 Å². The normalized spacial score (nSPS) is 12.4. The molecule has 0 saturated carbocycles. The fraction of sp³-hybridized carbons (Fsp3) is 0. The van der Waals surface area contributed by atoms with Gasteiger partial charge in [-0.15, -0.1) is 0 Å². The Morgan fingerprint density at radius 2 is 1.35 bits per heavy atom. The molecule has 2 aromatic carbocycles. The molecule has 0 fully saturated rings. The number of rotatable bonds is 1. The highest BCUT2D eigenvalue weighted by atomic mass is 16.1. The first-order valence-electron chi connectivity index (χ1n) is 7.66. The van der Waals surface area contributed by atoms with Crippen LogP contribution in [0.4, 0.5) is 0 Å². The Kier molecular flexibility index (Phi) is 2.39. The van der Waals surface area contributed by atoms with Crippen LogP contribution in [-0.2, 0) is 0 Å². The zero-order chi connectivity index (χ0) is 15.4. The number of benzene rings is 2. The molecule has 1 aliphatic rings. The van der Waals surface area contributed by atoms with Gasteiger partial charge < -0.3 is 4.40 Å². The predicted molar refractivity (Wildman–Crippen MR) is 91.7 cm³/mol. The SMILES string of the molecule is O=C1c2ccccc2-c2cc3cc(-c4ccccc4)cn3cc21. The molecule has 2 nitrogen and oxygen atoms in total. The first kappa shape index (κ1) is 12.4. The molecule has 2 heteroatoms. The second kappa shape index (κ2) is 4.43. The third kappa shape index (κ3) is 1.72. The molecule has 0 bridgehead atoms. The summed E-state index contributed by atoms with van der Waals surface area (Å²) in [7, 11) is 0. The van der Waals surface area contributed by atoms with Crippen LogP contribution in [0.3, 0.4) is 0 Å². The number of hydrogen-bond acceptors (Lipinski definition) is 1. The van der Waals surface area contributed by atoms with Gasteiger partial charge in [0.05, 0.1) is 0 Å². The van der Waals surface area contributed by atoms with Gasteiger partial charge in [-0.1, -0.05) is 54.6 Å². The van der Waals surface area contributed by atoms with E-state index in [0.29, 0.717) is 0 Å². The van der Waals surface area contributed by atoms with E-state index >= 15 is 0 Å². The third-order valence-electron chi connectivity index (χ3n) is 4.54. The number of hydrogen-bond donors (Lipinski definition) is 0. The smallest absolute Gasteiger partial charge is 0.195 e. The zero-order valence-corrected chi connectivity index (χ0v) is 12.4. The molecule has 0 amide bonds. The highest BCUT2D eigenvalue weighted by Crippen LogP contribution is 2.37. The van der Waals surface area contributed by atoms with Crippen LogP contribution < -0.4 is 0 Å². The number of carbonyl (C=O) groups is 1. The molecule has 0 atom stereocenters. The number of carbonyl (C=O) groups excluding carboxylic acids is 1. The van der Waals surface area contributed by atoms with E-state index in [4.69, 9.17) is 0 Å². The van der Waals surface area contributed by atoms with Crippen molar-refractivity contribution in [3.63, 3.8) is 0 Å². The number of aromatic nitrogens is 1. The Hall–Kier alpha value is -3.13. The summed E-state index contributed by atoms with van der Waals surface area (Å²) in [5, 5.41) is 0. The number of pyridine rings is 1. The molecule has 0 spiro atoms. The van der Waals surface area contributed by atoms with E-state index in [1.165, 1.54) is 5.56 Å². The number of nitrogens with zero attached hydrogens (tertiary/aromatic N) is 1. The summed E-state index contributed by atoms with van der Waals surface area (Å²) >= 11 is 0. The molecule has 0 saturated heterocycles. The topological polar surface area (TPSA) is 21.5 Å². The molecule has 0 unspecified atom stereocenters. The Balaban J connectivity index is 1.75. The predicted octanol–water partition coefficient (Wildman–Crippen LogP) is 4.82. The van der Waals surface area contributed by atoms with Gasteiger partial charge in [0, 0.05) is 34.6 Å². The minimum Gasteiger partial charge on any atom is -0.322 e. The second-order valence-corrected chi connectivity index (χ2v) is 5.90. The molecule has 1 aliphatic carbocycles. The summed E-state index contributed by atoms with van der Waals surface area (Å²) in [5.41, 5.74) is 7.12. The average molecular weight is 295 g/mol. The third-order valence-corrected chi connectivity index (χ3v) is 4.54. The zero-order valence-electron chi connectivity index (χ0n) is 12.4. The first-order valence-corrected chi connectivity index (χ1v) is 7.66. The molecular weight excluding hydrogens is 282 g/mol. The van der Waals surface area contributed by atoms with Crippen molar-refractivity contribution in [1.29, 1.82) is 0 Å². The van der Waals surface area contributed by atoms with Crippen LogP contribution >= 0.6 is 0 Å². The Morgan fingerprint density at radius 3 is 2.17 bits per heavy atom. The fourth-order valence-corrected chi connectivity index (χ4v) is 3.41. The Bertz CT molecular complexity index is 1070. The molecular formula is C21H13NO. The molecule has 0 aliphatic heterocycles. The maximum absolute atomic E-state index is 12.6. The lowest BCUT2D eigenvalue weighted by atomic mass is 10.1. The van der Waals surface area contributed by atoms with Crippen molar-refractivity contribution >= 4 is 11.3 Å². The van der Waals surface area contributed by atoms with Crippen LogP contribution in [0.5, 0.6) is 0 Å². The van der Waals surface area contributed by atoms with Crippen LogP contribution in [0.15, 0.2) is 79.1 Å². The van der Waals surface area contributed by atoms with E-state index in [9.17, 15) is 4.79 Å². The molecule has 2 aromatic heterocycles. The molecule has 5 rings (SSSR count). The lowest BCUT2D eigenvalue weighted by Gasteiger charge is -2.01. The van der Waals surface area contributed by atoms with Gasteiger partial charge in [0.1, 0.15) is 0 Å². The monoisotopic (exact) mass is 295 g/mol. The number of ketones is 1. The van der Waals surface area contributed by atoms with Gasteiger partial charge in [-0.25, -0.2) is 0 Å². The van der Waals surface area contributed by atoms with Crippen molar-refractivity contribution in [2.24, 2.45) is 0 Å². The molecule has 4 aromatic rings. The molecule has 0 N–H and O–H groups in total. The summed E-state index contributed by atoms with van der Waals surface area (Å²) in [6.07, 6.45) is 4.04. The molecule has 23 heavy (non-hydrogen) atoms. The first-order chi connectivity index (χ1) is 11.3. The van der Waals surface area contributed by atoms with Gasteiger partial charge in [0.15, 0.2) is 5.78 Å². The highest BCUT2D eigenvalue weighted by molar-refractivity contribution is 6.21. The van der Waals surface area contributed by atoms with E-state index in [1.54, 1.807) is 0 Å². The van der Waals surface area contributed by atoms with Crippen molar-refractivity contribution in [3.05, 3.63) is 90.3 Å². The van der Waals surface area contributed by atoms with Gasteiger partial charge in [-0.05, 0) is 28.8 Å². The summed E-state index contributed by atoms with van der Waals surface area (Å²) in [5.74, 6) is 0.118. The summed E-state index contributed by atoms with van der Waals surface area (Å²) in [6, 6.07) is 22.4. The fourth-order valence-electron chi connectivity index (χ4n) is 3.41. The quantitative estimate of drug-likeness (QED) is 0.434. The van der Waals surface area contributed by atoms with Crippen molar-refractivity contribution in [3.8, 4) is 22.3 Å². The van der Waals surface area contributed by atoms with Crippen LogP contribution in [-0.4, -0.2) is 10.2 Å². The van der Waals surface area contributed by atoms with E-state index in [-0.39, 0.29) is 5.78 Å². The van der Waals surface area contributed by atoms with Gasteiger partial charge >= 0.3 is 0 Å². The molecule has 2 heterocycles. The van der Waals surface area contributed by atoms with Gasteiger partial charge in [0.25, 0.3) is 0 Å². The molecule has 108 valence electrons. The van der Waals surface area contributed by atoms with Crippen LogP contribution in [0, 0.1) is 0 Å². The maximum Gasteiger partial charge on any atom is 0.195 e. The largest absolute Gasteiger partial charge is 0.322 e.